The minimum Gasteiger partial charge on any atom is -0.337 e. The molecule has 0 aliphatic carbocycles. The van der Waals surface area contributed by atoms with E-state index in [0.29, 0.717) is 6.54 Å². The fourth-order valence-electron chi connectivity index (χ4n) is 2.23. The summed E-state index contributed by atoms with van der Waals surface area (Å²) in [5, 5.41) is 5.74. The van der Waals surface area contributed by atoms with Gasteiger partial charge in [0.15, 0.2) is 0 Å². The largest absolute Gasteiger partial charge is 0.337 e. The Kier molecular flexibility index (Phi) is 6.35. The van der Waals surface area contributed by atoms with Gasteiger partial charge in [-0.3, -0.25) is 4.90 Å². The molecular weight excluding hydrogens is 284 g/mol. The van der Waals surface area contributed by atoms with E-state index in [4.69, 9.17) is 5.73 Å². The van der Waals surface area contributed by atoms with Gasteiger partial charge in [0.25, 0.3) is 0 Å². The van der Waals surface area contributed by atoms with Crippen LogP contribution in [0.5, 0.6) is 0 Å². The van der Waals surface area contributed by atoms with Crippen LogP contribution >= 0.6 is 11.8 Å². The zero-order chi connectivity index (χ0) is 15.1. The van der Waals surface area contributed by atoms with Crippen LogP contribution in [0.25, 0.3) is 0 Å². The maximum Gasteiger partial charge on any atom is 0.319 e. The molecule has 6 heteroatoms. The number of nitrogens with zero attached hydrogens (tertiary/aromatic N) is 1. The van der Waals surface area contributed by atoms with Gasteiger partial charge >= 0.3 is 6.03 Å². The maximum absolute atomic E-state index is 11.9. The minimum absolute atomic E-state index is 0.0354. The number of thioether (sulfide) groups is 1. The standard InChI is InChI=1S/C15H24N4OS/c1-12(16)13-3-2-4-14(11-13)18-15(20)17-5-6-19-7-9-21-10-8-19/h2-4,11-12H,5-10,16H2,1H3,(H2,17,18,20). The van der Waals surface area contributed by atoms with Crippen molar-refractivity contribution in [2.45, 2.75) is 13.0 Å². The number of carbonyl (C=O) groups is 1. The molecule has 2 amide bonds. The number of amides is 2. The summed E-state index contributed by atoms with van der Waals surface area (Å²) in [7, 11) is 0. The SMILES string of the molecule is CC(N)c1cccc(NC(=O)NCCN2CCSCC2)c1. The summed E-state index contributed by atoms with van der Waals surface area (Å²) < 4.78 is 0. The average molecular weight is 308 g/mol. The first-order valence-corrected chi connectivity index (χ1v) is 8.51. The molecule has 0 radical (unpaired) electrons. The Morgan fingerprint density at radius 1 is 1.43 bits per heavy atom. The number of benzene rings is 1. The summed E-state index contributed by atoms with van der Waals surface area (Å²) in [6.45, 7) is 5.74. The molecule has 0 saturated carbocycles. The van der Waals surface area contributed by atoms with Crippen molar-refractivity contribution in [3.05, 3.63) is 29.8 Å². The number of anilines is 1. The molecule has 1 saturated heterocycles. The first-order chi connectivity index (χ1) is 10.1. The number of nitrogens with one attached hydrogen (secondary N) is 2. The van der Waals surface area contributed by atoms with Gasteiger partial charge in [-0.05, 0) is 24.6 Å². The third kappa shape index (κ3) is 5.57. The molecule has 0 aromatic heterocycles. The van der Waals surface area contributed by atoms with E-state index in [1.54, 1.807) is 0 Å². The number of hydrogen-bond donors (Lipinski definition) is 3. The summed E-state index contributed by atoms with van der Waals surface area (Å²) in [4.78, 5) is 14.2. The van der Waals surface area contributed by atoms with Crippen LogP contribution in [0.3, 0.4) is 0 Å². The zero-order valence-corrected chi connectivity index (χ0v) is 13.3. The van der Waals surface area contributed by atoms with E-state index in [0.717, 1.165) is 30.9 Å². The smallest absolute Gasteiger partial charge is 0.319 e. The second-order valence-corrected chi connectivity index (χ2v) is 6.47. The van der Waals surface area contributed by atoms with Crippen molar-refractivity contribution < 1.29 is 4.79 Å². The predicted octanol–water partition coefficient (Wildman–Crippen LogP) is 1.88. The lowest BCUT2D eigenvalue weighted by atomic mass is 10.1. The molecule has 1 atom stereocenters. The first-order valence-electron chi connectivity index (χ1n) is 7.35. The molecule has 1 aromatic carbocycles. The van der Waals surface area contributed by atoms with Gasteiger partial charge in [0.2, 0.25) is 0 Å². The van der Waals surface area contributed by atoms with Crippen LogP contribution in [0, 0.1) is 0 Å². The van der Waals surface area contributed by atoms with E-state index in [-0.39, 0.29) is 12.1 Å². The Hall–Kier alpha value is -1.24. The highest BCUT2D eigenvalue weighted by Gasteiger charge is 2.10. The first kappa shape index (κ1) is 16.1. The molecule has 1 aliphatic heterocycles. The highest BCUT2D eigenvalue weighted by Crippen LogP contribution is 2.15. The third-order valence-corrected chi connectivity index (χ3v) is 4.43. The van der Waals surface area contributed by atoms with E-state index in [2.05, 4.69) is 15.5 Å². The van der Waals surface area contributed by atoms with Crippen molar-refractivity contribution in [3.63, 3.8) is 0 Å². The third-order valence-electron chi connectivity index (χ3n) is 3.49. The highest BCUT2D eigenvalue weighted by molar-refractivity contribution is 7.99. The van der Waals surface area contributed by atoms with Crippen molar-refractivity contribution in [1.82, 2.24) is 10.2 Å². The van der Waals surface area contributed by atoms with Crippen LogP contribution < -0.4 is 16.4 Å². The Labute approximate surface area is 130 Å². The number of nitrogens with two attached hydrogens (primary N) is 1. The van der Waals surface area contributed by atoms with Crippen molar-refractivity contribution >= 4 is 23.5 Å². The molecule has 1 unspecified atom stereocenters. The predicted molar refractivity (Wildman–Crippen MR) is 89.8 cm³/mol. The lowest BCUT2D eigenvalue weighted by molar-refractivity contribution is 0.247. The molecule has 116 valence electrons. The number of hydrogen-bond acceptors (Lipinski definition) is 4. The molecule has 0 spiro atoms. The molecule has 1 aromatic rings. The fraction of sp³-hybridized carbons (Fsp3) is 0.533. The molecular formula is C15H24N4OS. The van der Waals surface area contributed by atoms with Crippen LogP contribution in [-0.4, -0.2) is 48.6 Å². The van der Waals surface area contributed by atoms with E-state index < -0.39 is 0 Å². The minimum atomic E-state index is -0.164. The number of urea groups is 1. The monoisotopic (exact) mass is 308 g/mol. The molecule has 2 rings (SSSR count). The average Bonchev–Trinajstić information content (AvgIpc) is 2.48. The second-order valence-electron chi connectivity index (χ2n) is 5.25. The summed E-state index contributed by atoms with van der Waals surface area (Å²) in [6, 6.07) is 7.44. The van der Waals surface area contributed by atoms with Gasteiger partial charge in [-0.15, -0.1) is 0 Å². The summed E-state index contributed by atoms with van der Waals surface area (Å²) in [6.07, 6.45) is 0. The van der Waals surface area contributed by atoms with Crippen LogP contribution in [0.15, 0.2) is 24.3 Å². The zero-order valence-electron chi connectivity index (χ0n) is 12.5. The Balaban J connectivity index is 1.72. The fourth-order valence-corrected chi connectivity index (χ4v) is 3.21. The Morgan fingerprint density at radius 2 is 2.19 bits per heavy atom. The van der Waals surface area contributed by atoms with E-state index >= 15 is 0 Å². The maximum atomic E-state index is 11.9. The molecule has 1 heterocycles. The van der Waals surface area contributed by atoms with Crippen molar-refractivity contribution in [1.29, 1.82) is 0 Å². The number of carbonyl (C=O) groups excluding carboxylic acids is 1. The van der Waals surface area contributed by atoms with Crippen molar-refractivity contribution in [3.8, 4) is 0 Å². The van der Waals surface area contributed by atoms with Gasteiger partial charge in [0, 0.05) is 49.4 Å². The van der Waals surface area contributed by atoms with E-state index in [1.807, 2.05) is 43.0 Å². The van der Waals surface area contributed by atoms with Gasteiger partial charge in [0.05, 0.1) is 0 Å². The lowest BCUT2D eigenvalue weighted by Gasteiger charge is -2.26. The van der Waals surface area contributed by atoms with E-state index in [1.165, 1.54) is 11.5 Å². The lowest BCUT2D eigenvalue weighted by Crippen LogP contribution is -2.40. The Bertz CT molecular complexity index is 461. The molecule has 5 nitrogen and oxygen atoms in total. The molecule has 1 aliphatic rings. The van der Waals surface area contributed by atoms with Crippen molar-refractivity contribution in [2.24, 2.45) is 5.73 Å². The van der Waals surface area contributed by atoms with Gasteiger partial charge in [0.1, 0.15) is 0 Å². The van der Waals surface area contributed by atoms with Gasteiger partial charge < -0.3 is 16.4 Å². The summed E-state index contributed by atoms with van der Waals surface area (Å²) in [5.41, 5.74) is 7.63. The van der Waals surface area contributed by atoms with Gasteiger partial charge in [-0.2, -0.15) is 11.8 Å². The van der Waals surface area contributed by atoms with Crippen molar-refractivity contribution in [2.75, 3.05) is 43.0 Å². The van der Waals surface area contributed by atoms with Gasteiger partial charge in [-0.25, -0.2) is 4.79 Å². The summed E-state index contributed by atoms with van der Waals surface area (Å²) in [5.74, 6) is 2.38. The molecule has 21 heavy (non-hydrogen) atoms. The molecule has 4 N–H and O–H groups in total. The van der Waals surface area contributed by atoms with Gasteiger partial charge in [-0.1, -0.05) is 12.1 Å². The topological polar surface area (TPSA) is 70.4 Å². The van der Waals surface area contributed by atoms with Crippen LogP contribution in [0.1, 0.15) is 18.5 Å². The van der Waals surface area contributed by atoms with Crippen LogP contribution in [-0.2, 0) is 0 Å². The second kappa shape index (κ2) is 8.26. The quantitative estimate of drug-likeness (QED) is 0.777. The summed E-state index contributed by atoms with van der Waals surface area (Å²) >= 11 is 1.99. The normalized spacial score (nSPS) is 17.2. The number of rotatable bonds is 5. The molecule has 1 fully saturated rings. The van der Waals surface area contributed by atoms with Crippen LogP contribution in [0.2, 0.25) is 0 Å². The van der Waals surface area contributed by atoms with Crippen LogP contribution in [0.4, 0.5) is 10.5 Å². The van der Waals surface area contributed by atoms with E-state index in [9.17, 15) is 4.79 Å². The Morgan fingerprint density at radius 3 is 2.90 bits per heavy atom. The highest BCUT2D eigenvalue weighted by atomic mass is 32.2. The molecule has 0 bridgehead atoms.